The number of furan rings is 1. The third-order valence-electron chi connectivity index (χ3n) is 5.68. The van der Waals surface area contributed by atoms with Crippen LogP contribution in [0.1, 0.15) is 22.3 Å². The van der Waals surface area contributed by atoms with Gasteiger partial charge in [0.25, 0.3) is 11.5 Å². The number of aromatic nitrogens is 3. The molecule has 5 aromatic rings. The zero-order chi connectivity index (χ0) is 24.4. The summed E-state index contributed by atoms with van der Waals surface area (Å²) in [5.41, 5.74) is 7.67. The molecule has 0 aliphatic heterocycles. The molecule has 0 atom stereocenters. The second-order valence-corrected chi connectivity index (χ2v) is 8.02. The fourth-order valence-corrected chi connectivity index (χ4v) is 3.89. The number of rotatable bonds is 5. The number of hydrogen-bond acceptors (Lipinski definition) is 6. The summed E-state index contributed by atoms with van der Waals surface area (Å²) < 4.78 is 6.81. The molecule has 0 fully saturated rings. The number of nitrogens with one attached hydrogen (secondary N) is 2. The van der Waals surface area contributed by atoms with Crippen LogP contribution in [-0.2, 0) is 11.3 Å². The van der Waals surface area contributed by atoms with Crippen LogP contribution in [0.25, 0.3) is 33.3 Å². The van der Waals surface area contributed by atoms with Crippen LogP contribution in [0.15, 0.2) is 82.5 Å². The first-order valence-corrected chi connectivity index (χ1v) is 11.0. The second kappa shape index (κ2) is 9.22. The van der Waals surface area contributed by atoms with E-state index in [1.807, 2.05) is 25.1 Å². The molecule has 0 aliphatic carbocycles. The lowest BCUT2D eigenvalue weighted by Crippen LogP contribution is -2.42. The van der Waals surface area contributed by atoms with Crippen molar-refractivity contribution in [2.45, 2.75) is 19.9 Å². The molecule has 0 saturated carbocycles. The van der Waals surface area contributed by atoms with E-state index in [2.05, 4.69) is 20.8 Å². The highest BCUT2D eigenvalue weighted by atomic mass is 16.3. The summed E-state index contributed by atoms with van der Waals surface area (Å²) in [6.45, 7) is 2.01. The molecule has 0 aliphatic rings. The lowest BCUT2D eigenvalue weighted by Gasteiger charge is -2.11. The minimum absolute atomic E-state index is 0.0199. The Kier molecular flexibility index (Phi) is 5.80. The van der Waals surface area contributed by atoms with Gasteiger partial charge in [0.1, 0.15) is 5.69 Å². The van der Waals surface area contributed by atoms with Gasteiger partial charge in [-0.05, 0) is 42.8 Å². The van der Waals surface area contributed by atoms with Crippen molar-refractivity contribution in [2.24, 2.45) is 0 Å². The molecule has 0 spiro atoms. The summed E-state index contributed by atoms with van der Waals surface area (Å²) in [6, 6.07) is 17.7. The molecule has 2 aromatic carbocycles. The molecule has 9 heteroatoms. The maximum atomic E-state index is 12.9. The first-order chi connectivity index (χ1) is 17.0. The van der Waals surface area contributed by atoms with Crippen LogP contribution >= 0.6 is 0 Å². The minimum Gasteiger partial charge on any atom is -0.463 e. The molecule has 2 N–H and O–H groups in total. The lowest BCUT2D eigenvalue weighted by molar-refractivity contribution is -0.122. The summed E-state index contributed by atoms with van der Waals surface area (Å²) in [5.74, 6) is -0.414. The number of pyridine rings is 1. The Hall–Kier alpha value is -4.79. The molecular formula is C26H21N5O4. The van der Waals surface area contributed by atoms with E-state index in [4.69, 9.17) is 4.42 Å². The fourth-order valence-electron chi connectivity index (χ4n) is 3.89. The van der Waals surface area contributed by atoms with Crippen molar-refractivity contribution in [1.82, 2.24) is 25.4 Å². The number of carbonyl (C=O) groups excluding carboxylic acids is 2. The Bertz CT molecular complexity index is 1620. The summed E-state index contributed by atoms with van der Waals surface area (Å²) in [7, 11) is 0. The van der Waals surface area contributed by atoms with Gasteiger partial charge >= 0.3 is 0 Å². The number of nitrogens with zero attached hydrogens (tertiary/aromatic N) is 3. The molecule has 3 aromatic heterocycles. The molecule has 3 heterocycles. The van der Waals surface area contributed by atoms with E-state index in [0.717, 1.165) is 5.56 Å². The Labute approximate surface area is 199 Å². The van der Waals surface area contributed by atoms with Crippen molar-refractivity contribution in [3.05, 3.63) is 94.7 Å². The predicted molar refractivity (Wildman–Crippen MR) is 130 cm³/mol. The highest BCUT2D eigenvalue weighted by Gasteiger charge is 2.16. The maximum absolute atomic E-state index is 12.9. The smallest absolute Gasteiger partial charge is 0.270 e. The number of para-hydroxylation sites is 2. The van der Waals surface area contributed by atoms with E-state index in [-0.39, 0.29) is 18.5 Å². The Morgan fingerprint density at radius 3 is 2.66 bits per heavy atom. The highest BCUT2D eigenvalue weighted by Crippen LogP contribution is 2.25. The molecule has 0 bridgehead atoms. The Morgan fingerprint density at radius 2 is 1.83 bits per heavy atom. The molecular weight excluding hydrogens is 446 g/mol. The van der Waals surface area contributed by atoms with E-state index in [1.165, 1.54) is 17.2 Å². The number of amides is 2. The molecule has 2 amide bonds. The van der Waals surface area contributed by atoms with Crippen LogP contribution < -0.4 is 16.4 Å². The predicted octanol–water partition coefficient (Wildman–Crippen LogP) is 3.36. The number of hydrogen-bond donors (Lipinski definition) is 2. The number of benzene rings is 2. The van der Waals surface area contributed by atoms with Crippen LogP contribution in [0.5, 0.6) is 0 Å². The zero-order valence-electron chi connectivity index (χ0n) is 18.8. The standard InChI is InChI=1S/C26H21N5O4/c1-16-6-4-8-18-24(16)27-15-31(26(18)34)12-11-23(32)29-30-25(33)19-14-21(22-10-5-13-35-22)28-20-9-3-2-7-17(19)20/h2-10,13-15H,11-12H2,1H3,(H,29,32)(H,30,33). The average Bonchev–Trinajstić information content (AvgIpc) is 3.42. The SMILES string of the molecule is Cc1cccc2c(=O)n(CCC(=O)NNC(=O)c3cc(-c4ccco4)nc4ccccc34)cnc12. The van der Waals surface area contributed by atoms with Crippen molar-refractivity contribution >= 4 is 33.6 Å². The summed E-state index contributed by atoms with van der Waals surface area (Å²) in [5, 5.41) is 1.14. The largest absolute Gasteiger partial charge is 0.463 e. The molecule has 35 heavy (non-hydrogen) atoms. The summed E-state index contributed by atoms with van der Waals surface area (Å²) >= 11 is 0. The van der Waals surface area contributed by atoms with Crippen LogP contribution in [0.2, 0.25) is 0 Å². The minimum atomic E-state index is -0.496. The first kappa shape index (κ1) is 22.0. The molecule has 174 valence electrons. The fraction of sp³-hybridized carbons (Fsp3) is 0.115. The van der Waals surface area contributed by atoms with Crippen molar-refractivity contribution in [3.8, 4) is 11.5 Å². The average molecular weight is 467 g/mol. The highest BCUT2D eigenvalue weighted by molar-refractivity contribution is 6.07. The topological polar surface area (TPSA) is 119 Å². The van der Waals surface area contributed by atoms with Gasteiger partial charge in [0.05, 0.1) is 34.6 Å². The molecule has 0 unspecified atom stereocenters. The quantitative estimate of drug-likeness (QED) is 0.383. The zero-order valence-corrected chi connectivity index (χ0v) is 18.8. The van der Waals surface area contributed by atoms with Gasteiger partial charge in [0.15, 0.2) is 5.76 Å². The van der Waals surface area contributed by atoms with Gasteiger partial charge < -0.3 is 4.42 Å². The third kappa shape index (κ3) is 4.39. The van der Waals surface area contributed by atoms with Crippen LogP contribution in [0.4, 0.5) is 0 Å². The Balaban J connectivity index is 1.29. The Morgan fingerprint density at radius 1 is 1.00 bits per heavy atom. The van der Waals surface area contributed by atoms with E-state index in [0.29, 0.717) is 38.8 Å². The number of fused-ring (bicyclic) bond motifs is 2. The van der Waals surface area contributed by atoms with E-state index in [1.54, 1.807) is 42.5 Å². The molecule has 0 radical (unpaired) electrons. The van der Waals surface area contributed by atoms with Gasteiger partial charge in [-0.3, -0.25) is 29.8 Å². The first-order valence-electron chi connectivity index (χ1n) is 11.0. The third-order valence-corrected chi connectivity index (χ3v) is 5.68. The van der Waals surface area contributed by atoms with Gasteiger partial charge in [-0.2, -0.15) is 0 Å². The normalized spacial score (nSPS) is 11.0. The molecule has 5 rings (SSSR count). The van der Waals surface area contributed by atoms with Gasteiger partial charge in [-0.25, -0.2) is 9.97 Å². The molecule has 0 saturated heterocycles. The van der Waals surface area contributed by atoms with Crippen molar-refractivity contribution in [3.63, 3.8) is 0 Å². The van der Waals surface area contributed by atoms with Gasteiger partial charge in [-0.1, -0.05) is 30.3 Å². The van der Waals surface area contributed by atoms with Crippen molar-refractivity contribution in [2.75, 3.05) is 0 Å². The van der Waals surface area contributed by atoms with Crippen LogP contribution in [0.3, 0.4) is 0 Å². The number of aryl methyl sites for hydroxylation is 2. The van der Waals surface area contributed by atoms with Crippen LogP contribution in [0, 0.1) is 6.92 Å². The van der Waals surface area contributed by atoms with Crippen molar-refractivity contribution < 1.29 is 14.0 Å². The number of hydrazine groups is 1. The maximum Gasteiger partial charge on any atom is 0.270 e. The van der Waals surface area contributed by atoms with E-state index >= 15 is 0 Å². The summed E-state index contributed by atoms with van der Waals surface area (Å²) in [4.78, 5) is 47.0. The number of carbonyl (C=O) groups is 2. The van der Waals surface area contributed by atoms with Crippen LogP contribution in [-0.4, -0.2) is 26.3 Å². The monoisotopic (exact) mass is 467 g/mol. The van der Waals surface area contributed by atoms with Crippen molar-refractivity contribution in [1.29, 1.82) is 0 Å². The molecule has 9 nitrogen and oxygen atoms in total. The van der Waals surface area contributed by atoms with Gasteiger partial charge in [-0.15, -0.1) is 0 Å². The van der Waals surface area contributed by atoms with E-state index < -0.39 is 11.8 Å². The van der Waals surface area contributed by atoms with Gasteiger partial charge in [0, 0.05) is 18.4 Å². The second-order valence-electron chi connectivity index (χ2n) is 8.02. The van der Waals surface area contributed by atoms with Gasteiger partial charge in [0.2, 0.25) is 5.91 Å². The lowest BCUT2D eigenvalue weighted by atomic mass is 10.1. The summed E-state index contributed by atoms with van der Waals surface area (Å²) in [6.07, 6.45) is 2.94. The van der Waals surface area contributed by atoms with E-state index in [9.17, 15) is 14.4 Å².